The van der Waals surface area contributed by atoms with E-state index in [4.69, 9.17) is 4.42 Å². The molecule has 3 nitrogen and oxygen atoms in total. The highest BCUT2D eigenvalue weighted by atomic mass is 16.3. The fourth-order valence-corrected chi connectivity index (χ4v) is 1.79. The summed E-state index contributed by atoms with van der Waals surface area (Å²) in [5, 5.41) is 2.87. The van der Waals surface area contributed by atoms with E-state index in [0.717, 1.165) is 29.9 Å². The summed E-state index contributed by atoms with van der Waals surface area (Å²) in [5.74, 6) is 0.888. The van der Waals surface area contributed by atoms with Crippen LogP contribution in [0.25, 0.3) is 11.3 Å². The Labute approximate surface area is 127 Å². The first kappa shape index (κ1) is 17.0. The maximum atomic E-state index is 11.6. The Morgan fingerprint density at radius 2 is 1.90 bits per heavy atom. The fraction of sp³-hybridized carbons (Fsp3) is 0.389. The van der Waals surface area contributed by atoms with E-state index in [1.165, 1.54) is 6.42 Å². The van der Waals surface area contributed by atoms with Crippen LogP contribution in [0.5, 0.6) is 0 Å². The molecule has 0 atom stereocenters. The molecule has 1 amide bonds. The minimum atomic E-state index is 0.0634. The first-order chi connectivity index (χ1) is 10.2. The van der Waals surface area contributed by atoms with Gasteiger partial charge in [0.1, 0.15) is 5.76 Å². The molecule has 0 saturated carbocycles. The number of rotatable bonds is 5. The highest BCUT2D eigenvalue weighted by Gasteiger charge is 2.05. The van der Waals surface area contributed by atoms with E-state index in [-0.39, 0.29) is 5.91 Å². The van der Waals surface area contributed by atoms with Gasteiger partial charge < -0.3 is 9.73 Å². The summed E-state index contributed by atoms with van der Waals surface area (Å²) in [4.78, 5) is 11.6. The third-order valence-corrected chi connectivity index (χ3v) is 2.67. The maximum absolute atomic E-state index is 11.6. The van der Waals surface area contributed by atoms with Crippen molar-refractivity contribution in [2.45, 2.75) is 40.0 Å². The van der Waals surface area contributed by atoms with Crippen LogP contribution in [0.4, 0.5) is 0 Å². The lowest BCUT2D eigenvalue weighted by Crippen LogP contribution is -2.25. The van der Waals surface area contributed by atoms with Crippen molar-refractivity contribution in [3.63, 3.8) is 0 Å². The lowest BCUT2D eigenvalue weighted by molar-refractivity contribution is -0.120. The Hall–Kier alpha value is -2.03. The van der Waals surface area contributed by atoms with Crippen LogP contribution < -0.4 is 5.32 Å². The average molecular weight is 287 g/mol. The first-order valence-electron chi connectivity index (χ1n) is 7.60. The van der Waals surface area contributed by atoms with E-state index < -0.39 is 0 Å². The minimum absolute atomic E-state index is 0.0634. The number of amides is 1. The van der Waals surface area contributed by atoms with Crippen LogP contribution in [0.1, 0.15) is 39.2 Å². The number of carbonyl (C=O) groups excluding carboxylic acids is 1. The number of benzene rings is 1. The Morgan fingerprint density at radius 3 is 2.52 bits per heavy atom. The van der Waals surface area contributed by atoms with E-state index in [0.29, 0.717) is 6.42 Å². The number of nitrogens with one attached hydrogen (secondary N) is 1. The van der Waals surface area contributed by atoms with Gasteiger partial charge in [0.25, 0.3) is 0 Å². The van der Waals surface area contributed by atoms with Crippen molar-refractivity contribution < 1.29 is 9.21 Å². The monoisotopic (exact) mass is 287 g/mol. The van der Waals surface area contributed by atoms with Gasteiger partial charge in [-0.15, -0.1) is 0 Å². The summed E-state index contributed by atoms with van der Waals surface area (Å²) in [6, 6.07) is 11.6. The number of carbonyl (C=O) groups is 1. The molecule has 0 fully saturated rings. The van der Waals surface area contributed by atoms with E-state index in [1.807, 2.05) is 43.3 Å². The zero-order chi connectivity index (χ0) is 15.5. The van der Waals surface area contributed by atoms with E-state index in [9.17, 15) is 4.79 Å². The van der Waals surface area contributed by atoms with Crippen LogP contribution in [0, 0.1) is 0 Å². The molecule has 3 heteroatoms. The van der Waals surface area contributed by atoms with Crippen LogP contribution >= 0.6 is 0 Å². The lowest BCUT2D eigenvalue weighted by atomic mass is 10.1. The maximum Gasteiger partial charge on any atom is 0.224 e. The van der Waals surface area contributed by atoms with Crippen molar-refractivity contribution in [2.24, 2.45) is 0 Å². The minimum Gasteiger partial charge on any atom is -0.464 e. The van der Waals surface area contributed by atoms with Crippen LogP contribution in [-0.2, 0) is 11.2 Å². The standard InChI is InChI=1S/C15H17NO2.C3H8/c1-2-8-16-15(17)11-12-5-3-6-13(10-12)14-7-4-9-18-14;1-3-2/h3-7,9-10H,2,8,11H2,1H3,(H,16,17);3H2,1-2H3. The van der Waals surface area contributed by atoms with Crippen molar-refractivity contribution in [1.29, 1.82) is 0 Å². The van der Waals surface area contributed by atoms with Gasteiger partial charge in [-0.3, -0.25) is 4.79 Å². The van der Waals surface area contributed by atoms with Gasteiger partial charge >= 0.3 is 0 Å². The van der Waals surface area contributed by atoms with Crippen LogP contribution in [-0.4, -0.2) is 12.5 Å². The van der Waals surface area contributed by atoms with Gasteiger partial charge in [0.15, 0.2) is 0 Å². The van der Waals surface area contributed by atoms with Gasteiger partial charge in [-0.2, -0.15) is 0 Å². The Morgan fingerprint density at radius 1 is 1.14 bits per heavy atom. The summed E-state index contributed by atoms with van der Waals surface area (Å²) in [6.45, 7) is 7.02. The van der Waals surface area contributed by atoms with Crippen molar-refractivity contribution >= 4 is 5.91 Å². The first-order valence-corrected chi connectivity index (χ1v) is 7.60. The number of hydrogen-bond acceptors (Lipinski definition) is 2. The SMILES string of the molecule is CCC.CCCNC(=O)Cc1cccc(-c2ccco2)c1. The Bertz CT molecular complexity index is 518. The van der Waals surface area contributed by atoms with Gasteiger partial charge in [-0.25, -0.2) is 0 Å². The topological polar surface area (TPSA) is 42.2 Å². The summed E-state index contributed by atoms with van der Waals surface area (Å²) in [7, 11) is 0. The molecule has 114 valence electrons. The molecule has 2 aromatic rings. The lowest BCUT2D eigenvalue weighted by Gasteiger charge is -2.05. The second-order valence-electron chi connectivity index (χ2n) is 4.91. The molecule has 1 heterocycles. The van der Waals surface area contributed by atoms with E-state index in [2.05, 4.69) is 19.2 Å². The summed E-state index contributed by atoms with van der Waals surface area (Å²) < 4.78 is 5.34. The second-order valence-corrected chi connectivity index (χ2v) is 4.91. The molecular weight excluding hydrogens is 262 g/mol. The molecule has 21 heavy (non-hydrogen) atoms. The van der Waals surface area contributed by atoms with Crippen molar-refractivity contribution in [1.82, 2.24) is 5.32 Å². The molecule has 0 radical (unpaired) electrons. The van der Waals surface area contributed by atoms with E-state index in [1.54, 1.807) is 6.26 Å². The van der Waals surface area contributed by atoms with E-state index >= 15 is 0 Å². The van der Waals surface area contributed by atoms with Crippen molar-refractivity contribution in [3.05, 3.63) is 48.2 Å². The summed E-state index contributed by atoms with van der Waals surface area (Å²) in [6.07, 6.45) is 4.27. The molecule has 1 aromatic carbocycles. The average Bonchev–Trinajstić information content (AvgIpc) is 3.00. The smallest absolute Gasteiger partial charge is 0.224 e. The number of hydrogen-bond donors (Lipinski definition) is 1. The zero-order valence-electron chi connectivity index (χ0n) is 13.2. The third-order valence-electron chi connectivity index (χ3n) is 2.67. The quantitative estimate of drug-likeness (QED) is 0.883. The van der Waals surface area contributed by atoms with Gasteiger partial charge in [0.2, 0.25) is 5.91 Å². The largest absolute Gasteiger partial charge is 0.464 e. The highest BCUT2D eigenvalue weighted by molar-refractivity contribution is 5.79. The predicted octanol–water partition coefficient (Wildman–Crippen LogP) is 4.43. The van der Waals surface area contributed by atoms with Gasteiger partial charge in [0, 0.05) is 12.1 Å². The zero-order valence-corrected chi connectivity index (χ0v) is 13.2. The fourth-order valence-electron chi connectivity index (χ4n) is 1.79. The molecule has 0 bridgehead atoms. The van der Waals surface area contributed by atoms with Crippen molar-refractivity contribution in [3.8, 4) is 11.3 Å². The third kappa shape index (κ3) is 6.30. The molecule has 0 unspecified atom stereocenters. The molecule has 0 aliphatic carbocycles. The molecule has 1 aromatic heterocycles. The Balaban J connectivity index is 0.000000677. The summed E-state index contributed by atoms with van der Waals surface area (Å²) >= 11 is 0. The molecular formula is C18H25NO2. The molecule has 1 N–H and O–H groups in total. The van der Waals surface area contributed by atoms with Crippen LogP contribution in [0.2, 0.25) is 0 Å². The molecule has 0 saturated heterocycles. The van der Waals surface area contributed by atoms with Gasteiger partial charge in [0.05, 0.1) is 12.7 Å². The molecule has 0 aliphatic rings. The number of furan rings is 1. The molecule has 0 aliphatic heterocycles. The molecule has 2 rings (SSSR count). The predicted molar refractivity (Wildman–Crippen MR) is 87.1 cm³/mol. The van der Waals surface area contributed by atoms with Crippen LogP contribution in [0.3, 0.4) is 0 Å². The highest BCUT2D eigenvalue weighted by Crippen LogP contribution is 2.20. The second kappa shape index (κ2) is 9.81. The Kier molecular flexibility index (Phi) is 7.95. The summed E-state index contributed by atoms with van der Waals surface area (Å²) in [5.41, 5.74) is 2.00. The van der Waals surface area contributed by atoms with Gasteiger partial charge in [-0.1, -0.05) is 45.4 Å². The van der Waals surface area contributed by atoms with Crippen LogP contribution in [0.15, 0.2) is 47.1 Å². The van der Waals surface area contributed by atoms with Crippen molar-refractivity contribution in [2.75, 3.05) is 6.54 Å². The normalized spacial score (nSPS) is 9.67. The van der Waals surface area contributed by atoms with Gasteiger partial charge in [-0.05, 0) is 30.2 Å². The molecule has 0 spiro atoms.